The van der Waals surface area contributed by atoms with Gasteiger partial charge in [-0.1, -0.05) is 15.9 Å². The predicted molar refractivity (Wildman–Crippen MR) is 115 cm³/mol. The molecular weight excluding hydrogens is 418 g/mol. The van der Waals surface area contributed by atoms with Crippen LogP contribution in [-0.4, -0.2) is 54.6 Å². The molecule has 1 atom stereocenters. The molecule has 4 heterocycles. The molecule has 1 aromatic carbocycles. The lowest BCUT2D eigenvalue weighted by molar-refractivity contribution is -0.117. The van der Waals surface area contributed by atoms with Gasteiger partial charge in [-0.15, -0.1) is 0 Å². The summed E-state index contributed by atoms with van der Waals surface area (Å²) >= 11 is 3.50. The second-order valence-electron chi connectivity index (χ2n) is 7.80. The Labute approximate surface area is 173 Å². The molecule has 146 valence electrons. The molecule has 3 aliphatic heterocycles. The average Bonchev–Trinajstić information content (AvgIpc) is 3.20. The first-order chi connectivity index (χ1) is 13.7. The number of rotatable bonds is 3. The van der Waals surface area contributed by atoms with Crippen LogP contribution >= 0.6 is 15.9 Å². The molecule has 2 aromatic rings. The van der Waals surface area contributed by atoms with Gasteiger partial charge in [0.2, 0.25) is 5.91 Å². The van der Waals surface area contributed by atoms with Crippen molar-refractivity contribution in [2.45, 2.75) is 25.4 Å². The molecule has 1 amide bonds. The molecule has 3 aliphatic rings. The molecule has 2 fully saturated rings. The van der Waals surface area contributed by atoms with E-state index in [4.69, 9.17) is 4.98 Å². The van der Waals surface area contributed by atoms with Gasteiger partial charge >= 0.3 is 0 Å². The number of hydrogen-bond donors (Lipinski definition) is 1. The quantitative estimate of drug-likeness (QED) is 0.792. The van der Waals surface area contributed by atoms with Gasteiger partial charge in [0.1, 0.15) is 6.04 Å². The van der Waals surface area contributed by atoms with Crippen molar-refractivity contribution < 1.29 is 4.79 Å². The van der Waals surface area contributed by atoms with E-state index < -0.39 is 0 Å². The monoisotopic (exact) mass is 441 g/mol. The van der Waals surface area contributed by atoms with Crippen LogP contribution in [0.15, 0.2) is 41.0 Å². The van der Waals surface area contributed by atoms with Crippen LogP contribution in [0.25, 0.3) is 0 Å². The minimum absolute atomic E-state index is 0.0301. The number of benzene rings is 1. The summed E-state index contributed by atoms with van der Waals surface area (Å²) in [5.41, 5.74) is 3.31. The fourth-order valence-electron chi connectivity index (χ4n) is 4.49. The summed E-state index contributed by atoms with van der Waals surface area (Å²) in [6.45, 7) is 5.88. The maximum Gasteiger partial charge on any atom is 0.247 e. The van der Waals surface area contributed by atoms with Crippen LogP contribution in [-0.2, 0) is 11.3 Å². The highest BCUT2D eigenvalue weighted by Crippen LogP contribution is 2.35. The van der Waals surface area contributed by atoms with E-state index in [9.17, 15) is 4.79 Å². The number of nitrogens with zero attached hydrogens (tertiary/aromatic N) is 4. The number of piperazine rings is 1. The van der Waals surface area contributed by atoms with Gasteiger partial charge in [-0.25, -0.2) is 4.98 Å². The highest BCUT2D eigenvalue weighted by atomic mass is 79.9. The summed E-state index contributed by atoms with van der Waals surface area (Å²) in [6, 6.07) is 10.6. The third kappa shape index (κ3) is 3.37. The van der Waals surface area contributed by atoms with Gasteiger partial charge in [-0.05, 0) is 48.7 Å². The van der Waals surface area contributed by atoms with E-state index in [1.165, 1.54) is 5.69 Å². The van der Waals surface area contributed by atoms with Gasteiger partial charge in [0.15, 0.2) is 5.82 Å². The molecule has 1 N–H and O–H groups in total. The maximum atomic E-state index is 12.3. The Kier molecular flexibility index (Phi) is 4.72. The fourth-order valence-corrected chi connectivity index (χ4v) is 4.76. The molecule has 0 bridgehead atoms. The number of carbonyl (C=O) groups excluding carboxylic acids is 1. The number of aromatic nitrogens is 1. The normalized spacial score (nSPS) is 22.0. The number of anilines is 3. The topological polar surface area (TPSA) is 51.7 Å². The molecule has 0 radical (unpaired) electrons. The molecule has 5 rings (SSSR count). The first-order valence-electron chi connectivity index (χ1n) is 9.97. The van der Waals surface area contributed by atoms with E-state index in [1.54, 1.807) is 0 Å². The zero-order valence-electron chi connectivity index (χ0n) is 15.8. The lowest BCUT2D eigenvalue weighted by Gasteiger charge is -2.36. The number of pyridine rings is 1. The molecule has 6 nitrogen and oxygen atoms in total. The standard InChI is InChI=1S/C21H24BrN5O/c22-16-3-5-17(6-4-16)26-10-8-25(9-11-26)14-15-12-18-20(23-13-15)27-7-1-2-19(27)21(28)24-18/h3-6,12-13,19H,1-2,7-11,14H2,(H,24,28). The second kappa shape index (κ2) is 7.37. The van der Waals surface area contributed by atoms with Crippen molar-refractivity contribution in [1.82, 2.24) is 9.88 Å². The van der Waals surface area contributed by atoms with Crippen molar-refractivity contribution in [1.29, 1.82) is 0 Å². The van der Waals surface area contributed by atoms with E-state index in [2.05, 4.69) is 66.3 Å². The van der Waals surface area contributed by atoms with Gasteiger partial charge in [-0.2, -0.15) is 0 Å². The number of halogens is 1. The maximum absolute atomic E-state index is 12.3. The molecule has 28 heavy (non-hydrogen) atoms. The third-order valence-electron chi connectivity index (χ3n) is 5.98. The highest BCUT2D eigenvalue weighted by Gasteiger charge is 2.37. The van der Waals surface area contributed by atoms with Crippen molar-refractivity contribution >= 4 is 39.0 Å². The lowest BCUT2D eigenvalue weighted by Crippen LogP contribution is -2.46. The minimum Gasteiger partial charge on any atom is -0.369 e. The molecule has 2 saturated heterocycles. The Morgan fingerprint density at radius 1 is 1.11 bits per heavy atom. The Hall–Kier alpha value is -2.12. The summed E-state index contributed by atoms with van der Waals surface area (Å²) in [7, 11) is 0. The predicted octanol–water partition coefficient (Wildman–Crippen LogP) is 3.09. The van der Waals surface area contributed by atoms with E-state index in [-0.39, 0.29) is 11.9 Å². The number of hydrogen-bond acceptors (Lipinski definition) is 5. The van der Waals surface area contributed by atoms with Crippen LogP contribution in [0.4, 0.5) is 17.2 Å². The Bertz CT molecular complexity index is 879. The van der Waals surface area contributed by atoms with Gasteiger partial charge < -0.3 is 15.1 Å². The van der Waals surface area contributed by atoms with Gasteiger partial charge in [-0.3, -0.25) is 9.69 Å². The highest BCUT2D eigenvalue weighted by molar-refractivity contribution is 9.10. The van der Waals surface area contributed by atoms with Crippen LogP contribution < -0.4 is 15.1 Å². The Morgan fingerprint density at radius 2 is 1.89 bits per heavy atom. The minimum atomic E-state index is -0.0301. The molecule has 0 aliphatic carbocycles. The summed E-state index contributed by atoms with van der Waals surface area (Å²) in [6.07, 6.45) is 3.97. The fraction of sp³-hybridized carbons (Fsp3) is 0.429. The van der Waals surface area contributed by atoms with Crippen LogP contribution in [0.3, 0.4) is 0 Å². The average molecular weight is 442 g/mol. The first kappa shape index (κ1) is 17.9. The Balaban J connectivity index is 1.23. The Morgan fingerprint density at radius 3 is 2.68 bits per heavy atom. The van der Waals surface area contributed by atoms with Crippen LogP contribution in [0.5, 0.6) is 0 Å². The zero-order valence-corrected chi connectivity index (χ0v) is 17.4. The van der Waals surface area contributed by atoms with E-state index in [0.717, 1.165) is 73.7 Å². The van der Waals surface area contributed by atoms with E-state index in [0.29, 0.717) is 0 Å². The van der Waals surface area contributed by atoms with E-state index in [1.807, 2.05) is 6.20 Å². The van der Waals surface area contributed by atoms with Crippen LogP contribution in [0.2, 0.25) is 0 Å². The number of nitrogens with one attached hydrogen (secondary N) is 1. The third-order valence-corrected chi connectivity index (χ3v) is 6.51. The van der Waals surface area contributed by atoms with Crippen molar-refractivity contribution in [3.8, 4) is 0 Å². The van der Waals surface area contributed by atoms with E-state index >= 15 is 0 Å². The summed E-state index contributed by atoms with van der Waals surface area (Å²) in [4.78, 5) is 24.1. The molecular formula is C21H24BrN5O. The van der Waals surface area contributed by atoms with Crippen molar-refractivity contribution in [2.24, 2.45) is 0 Å². The number of fused-ring (bicyclic) bond motifs is 3. The zero-order chi connectivity index (χ0) is 19.1. The summed E-state index contributed by atoms with van der Waals surface area (Å²) in [5, 5.41) is 3.07. The molecule has 1 aromatic heterocycles. The smallest absolute Gasteiger partial charge is 0.247 e. The summed E-state index contributed by atoms with van der Waals surface area (Å²) < 4.78 is 1.11. The van der Waals surface area contributed by atoms with Gasteiger partial charge in [0.05, 0.1) is 5.69 Å². The lowest BCUT2D eigenvalue weighted by atomic mass is 10.1. The van der Waals surface area contributed by atoms with Crippen LogP contribution in [0, 0.1) is 0 Å². The molecule has 0 saturated carbocycles. The first-order valence-corrected chi connectivity index (χ1v) is 10.8. The molecule has 7 heteroatoms. The second-order valence-corrected chi connectivity index (χ2v) is 8.71. The van der Waals surface area contributed by atoms with Gasteiger partial charge in [0.25, 0.3) is 0 Å². The summed E-state index contributed by atoms with van der Waals surface area (Å²) in [5.74, 6) is 1.05. The van der Waals surface area contributed by atoms with Crippen molar-refractivity contribution in [3.63, 3.8) is 0 Å². The number of amides is 1. The van der Waals surface area contributed by atoms with Crippen LogP contribution in [0.1, 0.15) is 18.4 Å². The SMILES string of the molecule is O=C1Nc2cc(CN3CCN(c4ccc(Br)cc4)CC3)cnc2N2CCCC12. The van der Waals surface area contributed by atoms with Crippen molar-refractivity contribution in [3.05, 3.63) is 46.6 Å². The van der Waals surface area contributed by atoms with Gasteiger partial charge in [0, 0.05) is 55.6 Å². The van der Waals surface area contributed by atoms with Crippen molar-refractivity contribution in [2.75, 3.05) is 47.8 Å². The molecule has 1 unspecified atom stereocenters. The largest absolute Gasteiger partial charge is 0.369 e. The number of carbonyl (C=O) groups is 1. The molecule has 0 spiro atoms.